The van der Waals surface area contributed by atoms with Gasteiger partial charge in [-0.25, -0.2) is 8.42 Å². The maximum absolute atomic E-state index is 13.0. The number of carbonyl (C=O) groups is 1. The molecule has 1 saturated heterocycles. The lowest BCUT2D eigenvalue weighted by atomic mass is 9.90. The van der Waals surface area contributed by atoms with Crippen molar-refractivity contribution in [3.05, 3.63) is 58.7 Å². The Balaban J connectivity index is 1.48. The Morgan fingerprint density at radius 1 is 1.03 bits per heavy atom. The quantitative estimate of drug-likeness (QED) is 0.794. The van der Waals surface area contributed by atoms with Gasteiger partial charge in [0, 0.05) is 18.8 Å². The number of sulfonamides is 1. The van der Waals surface area contributed by atoms with E-state index in [0.717, 1.165) is 18.4 Å². The van der Waals surface area contributed by atoms with E-state index in [4.69, 9.17) is 4.74 Å². The Hall–Kier alpha value is -2.22. The molecule has 0 aromatic heterocycles. The van der Waals surface area contributed by atoms with Crippen molar-refractivity contribution in [3.63, 3.8) is 0 Å². The standard InChI is InChI=1S/C23H28N2O4S/c1-17-6-9-21(16-22(17)30(27,28)25-10-12-29-13-11-25)24-23(26)15-18-7-8-19-4-2-3-5-20(19)14-18/h6-9,14,16H,2-5,10-13,15H2,1H3,(H,24,26). The topological polar surface area (TPSA) is 75.7 Å². The second-order valence-electron chi connectivity index (χ2n) is 8.03. The average molecular weight is 429 g/mol. The third-order valence-electron chi connectivity index (χ3n) is 5.84. The van der Waals surface area contributed by atoms with Gasteiger partial charge in [-0.15, -0.1) is 0 Å². The largest absolute Gasteiger partial charge is 0.379 e. The lowest BCUT2D eigenvalue weighted by Crippen LogP contribution is -2.40. The molecule has 0 spiro atoms. The number of anilines is 1. The van der Waals surface area contributed by atoms with E-state index in [1.807, 2.05) is 6.07 Å². The molecule has 160 valence electrons. The van der Waals surface area contributed by atoms with Crippen molar-refractivity contribution in [2.24, 2.45) is 0 Å². The molecule has 2 aliphatic rings. The Morgan fingerprint density at radius 3 is 2.53 bits per heavy atom. The molecule has 2 aromatic carbocycles. The van der Waals surface area contributed by atoms with Crippen LogP contribution in [-0.2, 0) is 38.8 Å². The summed E-state index contributed by atoms with van der Waals surface area (Å²) < 4.78 is 32.8. The zero-order valence-electron chi connectivity index (χ0n) is 17.3. The van der Waals surface area contributed by atoms with Gasteiger partial charge >= 0.3 is 0 Å². The summed E-state index contributed by atoms with van der Waals surface area (Å²) in [6, 6.07) is 11.3. The van der Waals surface area contributed by atoms with Crippen molar-refractivity contribution in [2.75, 3.05) is 31.6 Å². The summed E-state index contributed by atoms with van der Waals surface area (Å²) in [5.74, 6) is -0.149. The van der Waals surface area contributed by atoms with E-state index in [-0.39, 0.29) is 17.2 Å². The molecule has 1 amide bonds. The molecule has 0 unspecified atom stereocenters. The summed E-state index contributed by atoms with van der Waals surface area (Å²) in [6.07, 6.45) is 4.89. The molecule has 0 atom stereocenters. The van der Waals surface area contributed by atoms with Crippen LogP contribution >= 0.6 is 0 Å². The van der Waals surface area contributed by atoms with E-state index in [1.54, 1.807) is 25.1 Å². The molecule has 1 fully saturated rings. The minimum absolute atomic E-state index is 0.149. The number of morpholine rings is 1. The van der Waals surface area contributed by atoms with Gasteiger partial charge in [0.1, 0.15) is 0 Å². The molecule has 0 radical (unpaired) electrons. The monoisotopic (exact) mass is 428 g/mol. The summed E-state index contributed by atoms with van der Waals surface area (Å²) in [5.41, 5.74) is 4.88. The van der Waals surface area contributed by atoms with Crippen LogP contribution in [0.2, 0.25) is 0 Å². The van der Waals surface area contributed by atoms with Crippen molar-refractivity contribution in [1.29, 1.82) is 0 Å². The maximum atomic E-state index is 13.0. The maximum Gasteiger partial charge on any atom is 0.243 e. The molecular weight excluding hydrogens is 400 g/mol. The predicted octanol–water partition coefficient (Wildman–Crippen LogP) is 3.08. The zero-order valence-corrected chi connectivity index (χ0v) is 18.1. The molecule has 4 rings (SSSR count). The third kappa shape index (κ3) is 4.58. The second-order valence-corrected chi connectivity index (χ2v) is 9.94. The molecule has 30 heavy (non-hydrogen) atoms. The number of nitrogens with one attached hydrogen (secondary N) is 1. The number of rotatable bonds is 5. The van der Waals surface area contributed by atoms with Crippen LogP contribution < -0.4 is 5.32 Å². The minimum atomic E-state index is -3.62. The number of nitrogens with zero attached hydrogens (tertiary/aromatic N) is 1. The first-order chi connectivity index (χ1) is 14.4. The molecule has 0 bridgehead atoms. The van der Waals surface area contributed by atoms with E-state index in [1.165, 1.54) is 28.3 Å². The molecule has 0 saturated carbocycles. The fraction of sp³-hybridized carbons (Fsp3) is 0.435. The molecule has 6 nitrogen and oxygen atoms in total. The number of ether oxygens (including phenoxy) is 1. The number of benzene rings is 2. The van der Waals surface area contributed by atoms with Crippen molar-refractivity contribution < 1.29 is 17.9 Å². The summed E-state index contributed by atoms with van der Waals surface area (Å²) in [7, 11) is -3.62. The Morgan fingerprint density at radius 2 is 1.77 bits per heavy atom. The van der Waals surface area contributed by atoms with Crippen molar-refractivity contribution in [3.8, 4) is 0 Å². The van der Waals surface area contributed by atoms with Crippen LogP contribution in [0.1, 0.15) is 35.1 Å². The predicted molar refractivity (Wildman–Crippen MR) is 116 cm³/mol. The fourth-order valence-electron chi connectivity index (χ4n) is 4.17. The molecule has 7 heteroatoms. The zero-order chi connectivity index (χ0) is 21.1. The van der Waals surface area contributed by atoms with Crippen molar-refractivity contribution in [2.45, 2.75) is 43.9 Å². The SMILES string of the molecule is Cc1ccc(NC(=O)Cc2ccc3c(c2)CCCC3)cc1S(=O)(=O)N1CCOCC1. The number of aryl methyl sites for hydroxylation is 3. The first-order valence-electron chi connectivity index (χ1n) is 10.5. The second kappa shape index (κ2) is 8.88. The molecule has 1 N–H and O–H groups in total. The van der Waals surface area contributed by atoms with E-state index >= 15 is 0 Å². The molecule has 1 aliphatic carbocycles. The van der Waals surface area contributed by atoms with Gasteiger partial charge in [0.15, 0.2) is 0 Å². The summed E-state index contributed by atoms with van der Waals surface area (Å²) in [4.78, 5) is 12.8. The number of hydrogen-bond donors (Lipinski definition) is 1. The highest BCUT2D eigenvalue weighted by atomic mass is 32.2. The van der Waals surface area contributed by atoms with Crippen LogP contribution in [0.15, 0.2) is 41.3 Å². The highest BCUT2D eigenvalue weighted by Crippen LogP contribution is 2.25. The van der Waals surface area contributed by atoms with Gasteiger partial charge in [0.05, 0.1) is 24.5 Å². The van der Waals surface area contributed by atoms with E-state index in [2.05, 4.69) is 17.4 Å². The smallest absolute Gasteiger partial charge is 0.243 e. The van der Waals surface area contributed by atoms with Crippen LogP contribution in [0.4, 0.5) is 5.69 Å². The molecular formula is C23H28N2O4S. The van der Waals surface area contributed by atoms with Crippen LogP contribution in [0.3, 0.4) is 0 Å². The number of hydrogen-bond acceptors (Lipinski definition) is 4. The number of fused-ring (bicyclic) bond motifs is 1. The van der Waals surface area contributed by atoms with Crippen LogP contribution in [0.5, 0.6) is 0 Å². The Bertz CT molecular complexity index is 1040. The fourth-order valence-corrected chi connectivity index (χ4v) is 5.83. The van der Waals surface area contributed by atoms with Gasteiger partial charge in [-0.05, 0) is 67.0 Å². The summed E-state index contributed by atoms with van der Waals surface area (Å²) in [6.45, 7) is 3.25. The summed E-state index contributed by atoms with van der Waals surface area (Å²) in [5, 5.41) is 2.87. The van der Waals surface area contributed by atoms with Crippen molar-refractivity contribution >= 4 is 21.6 Å². The Labute approximate surface area is 178 Å². The van der Waals surface area contributed by atoms with E-state index in [9.17, 15) is 13.2 Å². The van der Waals surface area contributed by atoms with Crippen molar-refractivity contribution in [1.82, 2.24) is 4.31 Å². The third-order valence-corrected chi connectivity index (χ3v) is 7.88. The van der Waals surface area contributed by atoms with Gasteiger partial charge in [-0.3, -0.25) is 4.79 Å². The van der Waals surface area contributed by atoms with Gasteiger partial charge in [-0.2, -0.15) is 4.31 Å². The van der Waals surface area contributed by atoms with Gasteiger partial charge in [0.2, 0.25) is 15.9 Å². The first-order valence-corrected chi connectivity index (χ1v) is 12.0. The van der Waals surface area contributed by atoms with E-state index < -0.39 is 10.0 Å². The van der Waals surface area contributed by atoms with Gasteiger partial charge in [-0.1, -0.05) is 24.3 Å². The number of amides is 1. The van der Waals surface area contributed by atoms with Crippen LogP contribution in [-0.4, -0.2) is 44.9 Å². The Kier molecular flexibility index (Phi) is 6.22. The lowest BCUT2D eigenvalue weighted by molar-refractivity contribution is -0.115. The highest BCUT2D eigenvalue weighted by Gasteiger charge is 2.28. The summed E-state index contributed by atoms with van der Waals surface area (Å²) >= 11 is 0. The van der Waals surface area contributed by atoms with Gasteiger partial charge < -0.3 is 10.1 Å². The first kappa shape index (κ1) is 21.0. The molecule has 1 heterocycles. The molecule has 2 aromatic rings. The lowest BCUT2D eigenvalue weighted by Gasteiger charge is -2.26. The van der Waals surface area contributed by atoms with Gasteiger partial charge in [0.25, 0.3) is 0 Å². The minimum Gasteiger partial charge on any atom is -0.379 e. The molecule has 1 aliphatic heterocycles. The normalized spacial score (nSPS) is 17.4. The van der Waals surface area contributed by atoms with E-state index in [0.29, 0.717) is 37.6 Å². The highest BCUT2D eigenvalue weighted by molar-refractivity contribution is 7.89. The average Bonchev–Trinajstić information content (AvgIpc) is 2.75. The van der Waals surface area contributed by atoms with Crippen LogP contribution in [0, 0.1) is 6.92 Å². The van der Waals surface area contributed by atoms with Crippen LogP contribution in [0.25, 0.3) is 0 Å². The number of carbonyl (C=O) groups excluding carboxylic acids is 1.